The van der Waals surface area contributed by atoms with E-state index in [0.717, 1.165) is 94.9 Å². The van der Waals surface area contributed by atoms with Gasteiger partial charge in [0, 0.05) is 68.0 Å². The molecule has 3 N–H and O–H groups in total. The van der Waals surface area contributed by atoms with Crippen LogP contribution in [0.3, 0.4) is 0 Å². The molecule has 0 radical (unpaired) electrons. The molecule has 5 aromatic heterocycles. The largest absolute Gasteiger partial charge is 0.354 e. The van der Waals surface area contributed by atoms with E-state index in [0.29, 0.717) is 22.6 Å². The maximum absolute atomic E-state index is 13.7. The van der Waals surface area contributed by atoms with E-state index >= 15 is 0 Å². The summed E-state index contributed by atoms with van der Waals surface area (Å²) < 4.78 is 0. The number of aryl methyl sites for hydroxylation is 4. The van der Waals surface area contributed by atoms with E-state index in [2.05, 4.69) is 167 Å². The third-order valence-corrected chi connectivity index (χ3v) is 12.4. The summed E-state index contributed by atoms with van der Waals surface area (Å²) in [6, 6.07) is 49.8. The molecule has 8 heteroatoms. The molecule has 0 saturated heterocycles. The molecule has 0 spiro atoms. The number of amides is 1. The molecule has 4 aromatic carbocycles. The Hall–Kier alpha value is -8.75. The lowest BCUT2D eigenvalue weighted by Gasteiger charge is -2.09. The molecule has 322 valence electrons. The van der Waals surface area contributed by atoms with Gasteiger partial charge < -0.3 is 15.3 Å². The van der Waals surface area contributed by atoms with E-state index < -0.39 is 0 Å². The number of nitrogens with one attached hydrogen (secondary N) is 3. The summed E-state index contributed by atoms with van der Waals surface area (Å²) in [6.07, 6.45) is 11.8. The van der Waals surface area contributed by atoms with Crippen LogP contribution in [0.25, 0.3) is 102 Å². The number of pyridine rings is 2. The van der Waals surface area contributed by atoms with E-state index in [1.807, 2.05) is 43.3 Å². The summed E-state index contributed by atoms with van der Waals surface area (Å²) in [5.74, 6) is -0.239. The zero-order valence-corrected chi connectivity index (χ0v) is 37.5. The highest BCUT2D eigenvalue weighted by Gasteiger charge is 2.20. The first-order chi connectivity index (χ1) is 32.7. The topological polar surface area (TPSA) is 112 Å². The molecule has 0 saturated carbocycles. The van der Waals surface area contributed by atoms with Crippen LogP contribution in [0, 0.1) is 27.7 Å². The number of rotatable bonds is 7. The van der Waals surface area contributed by atoms with Crippen LogP contribution in [0.15, 0.2) is 158 Å². The van der Waals surface area contributed by atoms with Gasteiger partial charge in [0.25, 0.3) is 5.91 Å². The second kappa shape index (κ2) is 17.0. The van der Waals surface area contributed by atoms with Crippen molar-refractivity contribution in [2.45, 2.75) is 27.7 Å². The van der Waals surface area contributed by atoms with Crippen molar-refractivity contribution in [2.24, 2.45) is 0 Å². The maximum atomic E-state index is 13.7. The molecule has 9 aromatic rings. The monoisotopic (exact) mass is 867 g/mol. The highest BCUT2D eigenvalue weighted by molar-refractivity contribution is 6.05. The number of fused-ring (bicyclic) bond motifs is 8. The van der Waals surface area contributed by atoms with E-state index in [1.54, 1.807) is 24.5 Å². The molecule has 0 aliphatic carbocycles. The Balaban J connectivity index is 1.12. The molecule has 8 nitrogen and oxygen atoms in total. The summed E-state index contributed by atoms with van der Waals surface area (Å²) >= 11 is 0. The molecule has 0 fully saturated rings. The molecule has 7 heterocycles. The van der Waals surface area contributed by atoms with E-state index in [4.69, 9.17) is 9.97 Å². The van der Waals surface area contributed by atoms with Gasteiger partial charge in [-0.1, -0.05) is 102 Å². The van der Waals surface area contributed by atoms with Crippen molar-refractivity contribution in [2.75, 3.05) is 5.32 Å². The highest BCUT2D eigenvalue weighted by Crippen LogP contribution is 2.39. The number of aromatic nitrogens is 6. The number of benzene rings is 4. The van der Waals surface area contributed by atoms with Crippen molar-refractivity contribution in [1.82, 2.24) is 29.9 Å². The highest BCUT2D eigenvalue weighted by atomic mass is 16.1. The van der Waals surface area contributed by atoms with Gasteiger partial charge in [0.2, 0.25) is 0 Å². The predicted octanol–water partition coefficient (Wildman–Crippen LogP) is 14.3. The van der Waals surface area contributed by atoms with Crippen molar-refractivity contribution in [1.29, 1.82) is 0 Å². The summed E-state index contributed by atoms with van der Waals surface area (Å²) in [6.45, 7) is 8.32. The van der Waals surface area contributed by atoms with Crippen molar-refractivity contribution in [3.8, 4) is 55.9 Å². The summed E-state index contributed by atoms with van der Waals surface area (Å²) in [5, 5.41) is 3.09. The van der Waals surface area contributed by atoms with Gasteiger partial charge in [0.05, 0.1) is 34.2 Å². The number of nitrogens with zero attached hydrogens (tertiary/aromatic N) is 4. The minimum Gasteiger partial charge on any atom is -0.354 e. The van der Waals surface area contributed by atoms with Gasteiger partial charge in [-0.2, -0.15) is 0 Å². The SMILES string of the molecule is Cc1ccc(-c2c3nc(c(-c4ccc(C)cc4)c4ccc([nH]4)c(-c4ccc(NC(=O)c5ccnc(-c6cc(C)ccn6)c5)cc4)c4nc(c(-c5ccc(C)cc5)c5ccc2[nH]5)C=C4)C=C3)cc1. The van der Waals surface area contributed by atoms with Crippen LogP contribution in [-0.2, 0) is 0 Å². The van der Waals surface area contributed by atoms with Gasteiger partial charge in [-0.3, -0.25) is 14.8 Å². The molecule has 0 unspecified atom stereocenters. The van der Waals surface area contributed by atoms with Gasteiger partial charge >= 0.3 is 0 Å². The third-order valence-electron chi connectivity index (χ3n) is 12.4. The molecule has 2 aliphatic heterocycles. The van der Waals surface area contributed by atoms with Crippen LogP contribution in [0.4, 0.5) is 5.69 Å². The van der Waals surface area contributed by atoms with Crippen LogP contribution in [-0.4, -0.2) is 35.8 Å². The van der Waals surface area contributed by atoms with Gasteiger partial charge in [-0.25, -0.2) is 9.97 Å². The quantitative estimate of drug-likeness (QED) is 0.148. The lowest BCUT2D eigenvalue weighted by atomic mass is 10.0. The third kappa shape index (κ3) is 8.06. The Bertz CT molecular complexity index is 3590. The van der Waals surface area contributed by atoms with Crippen LogP contribution < -0.4 is 5.32 Å². The van der Waals surface area contributed by atoms with Crippen LogP contribution in [0.1, 0.15) is 55.4 Å². The zero-order valence-electron chi connectivity index (χ0n) is 37.5. The number of hydrogen-bond donors (Lipinski definition) is 3. The van der Waals surface area contributed by atoms with Gasteiger partial charge in [-0.15, -0.1) is 0 Å². The number of hydrogen-bond acceptors (Lipinski definition) is 5. The number of anilines is 1. The summed E-state index contributed by atoms with van der Waals surface area (Å²) in [5.41, 5.74) is 22.2. The first kappa shape index (κ1) is 41.0. The standard InChI is InChI=1S/C59H45N7O/c1-35-5-11-39(12-6-35)55-45-21-23-47(63-45)56(40-13-7-36(2)8-14-40)49-25-27-51(65-49)58(52-28-26-50(66-52)57(48-24-22-46(55)64-48)41-15-9-37(3)10-16-41)42-17-19-44(20-18-42)62-59(67)43-30-32-61-54(34-43)53-33-38(4)29-31-60-53/h5-34,63,66H,1-4H3,(H,62,67). The Morgan fingerprint density at radius 2 is 0.761 bits per heavy atom. The molecule has 67 heavy (non-hydrogen) atoms. The maximum Gasteiger partial charge on any atom is 0.255 e. The molecule has 0 atom stereocenters. The van der Waals surface area contributed by atoms with Gasteiger partial charge in [-0.05, 0) is 140 Å². The molecule has 11 rings (SSSR count). The lowest BCUT2D eigenvalue weighted by molar-refractivity contribution is 0.102. The predicted molar refractivity (Wildman–Crippen MR) is 275 cm³/mol. The minimum absolute atomic E-state index is 0.239. The fourth-order valence-corrected chi connectivity index (χ4v) is 8.89. The summed E-state index contributed by atoms with van der Waals surface area (Å²) in [4.78, 5) is 41.2. The second-order valence-corrected chi connectivity index (χ2v) is 17.3. The Labute approximate surface area is 388 Å². The van der Waals surface area contributed by atoms with E-state index in [9.17, 15) is 4.79 Å². The molecule has 2 aliphatic rings. The molecule has 1 amide bonds. The fraction of sp³-hybridized carbons (Fsp3) is 0.0678. The van der Waals surface area contributed by atoms with Crippen LogP contribution in [0.5, 0.6) is 0 Å². The van der Waals surface area contributed by atoms with E-state index in [1.165, 1.54) is 16.7 Å². The smallest absolute Gasteiger partial charge is 0.255 e. The zero-order chi connectivity index (χ0) is 45.6. The number of aromatic amines is 2. The number of carbonyl (C=O) groups is 1. The van der Waals surface area contributed by atoms with Gasteiger partial charge in [0.1, 0.15) is 0 Å². The number of H-pyrrole nitrogens is 2. The molecular weight excluding hydrogens is 823 g/mol. The minimum atomic E-state index is -0.239. The lowest BCUT2D eigenvalue weighted by Crippen LogP contribution is -2.12. The Morgan fingerprint density at radius 3 is 1.15 bits per heavy atom. The molecule has 8 bridgehead atoms. The normalized spacial score (nSPS) is 11.8. The average molecular weight is 868 g/mol. The second-order valence-electron chi connectivity index (χ2n) is 17.3. The van der Waals surface area contributed by atoms with Gasteiger partial charge in [0.15, 0.2) is 0 Å². The first-order valence-corrected chi connectivity index (χ1v) is 22.4. The fourth-order valence-electron chi connectivity index (χ4n) is 8.89. The van der Waals surface area contributed by atoms with Crippen molar-refractivity contribution in [3.05, 3.63) is 209 Å². The van der Waals surface area contributed by atoms with E-state index in [-0.39, 0.29) is 5.91 Å². The van der Waals surface area contributed by atoms with Crippen LogP contribution in [0.2, 0.25) is 0 Å². The van der Waals surface area contributed by atoms with Crippen molar-refractivity contribution >= 4 is 58.0 Å². The molecular formula is C59H45N7O. The Kier molecular flexibility index (Phi) is 10.4. The average Bonchev–Trinajstić information content (AvgIpc) is 4.20. The van der Waals surface area contributed by atoms with Crippen molar-refractivity contribution < 1.29 is 4.79 Å². The van der Waals surface area contributed by atoms with Crippen LogP contribution >= 0.6 is 0 Å². The summed E-state index contributed by atoms with van der Waals surface area (Å²) in [7, 11) is 0. The Morgan fingerprint density at radius 1 is 0.403 bits per heavy atom. The number of carbonyl (C=O) groups excluding carboxylic acids is 1. The first-order valence-electron chi connectivity index (χ1n) is 22.4. The van der Waals surface area contributed by atoms with Crippen molar-refractivity contribution in [3.63, 3.8) is 0 Å².